The van der Waals surface area contributed by atoms with Gasteiger partial charge in [-0.05, 0) is 12.8 Å². The van der Waals surface area contributed by atoms with E-state index >= 15 is 0 Å². The molecule has 0 aromatic heterocycles. The van der Waals surface area contributed by atoms with Gasteiger partial charge in [0, 0.05) is 12.8 Å². The zero-order valence-corrected chi connectivity index (χ0v) is 13.6. The number of carboxylic acid groups (broad SMARTS) is 1. The van der Waals surface area contributed by atoms with E-state index in [2.05, 4.69) is 12.2 Å². The van der Waals surface area contributed by atoms with Gasteiger partial charge in [0.25, 0.3) is 0 Å². The summed E-state index contributed by atoms with van der Waals surface area (Å²) in [5.41, 5.74) is -1.35. The van der Waals surface area contributed by atoms with E-state index in [1.807, 2.05) is 6.92 Å². The van der Waals surface area contributed by atoms with Gasteiger partial charge in [0.1, 0.15) is 5.97 Å². The van der Waals surface area contributed by atoms with Crippen LogP contribution in [0.25, 0.3) is 0 Å². The van der Waals surface area contributed by atoms with Crippen molar-refractivity contribution in [2.24, 2.45) is 0 Å². The molecule has 5 heteroatoms. The van der Waals surface area contributed by atoms with Gasteiger partial charge in [-0.1, -0.05) is 33.1 Å². The summed E-state index contributed by atoms with van der Waals surface area (Å²) in [5, 5.41) is 14.3. The van der Waals surface area contributed by atoms with Crippen molar-refractivity contribution in [3.8, 4) is 0 Å². The van der Waals surface area contributed by atoms with E-state index in [0.29, 0.717) is 19.3 Å². The fraction of sp³-hybridized carbons (Fsp3) is 0.867. The van der Waals surface area contributed by atoms with Gasteiger partial charge < -0.3 is 14.4 Å². The number of amides is 1. The van der Waals surface area contributed by atoms with Crippen molar-refractivity contribution in [2.75, 3.05) is 21.1 Å². The van der Waals surface area contributed by atoms with Crippen LogP contribution >= 0.6 is 0 Å². The number of likely N-dealkylation sites (N-methyl/N-ethyl adjacent to an activating group) is 1. The van der Waals surface area contributed by atoms with Gasteiger partial charge in [0.15, 0.2) is 0 Å². The van der Waals surface area contributed by atoms with E-state index in [1.165, 1.54) is 0 Å². The first-order valence-corrected chi connectivity index (χ1v) is 7.55. The van der Waals surface area contributed by atoms with E-state index in [4.69, 9.17) is 0 Å². The molecule has 1 N–H and O–H groups in total. The number of hydrogen-bond acceptors (Lipinski definition) is 3. The maximum Gasteiger partial charge on any atom is 0.224 e. The topological polar surface area (TPSA) is 69.2 Å². The summed E-state index contributed by atoms with van der Waals surface area (Å²) in [5.74, 6) is -1.42. The van der Waals surface area contributed by atoms with Crippen LogP contribution in [-0.4, -0.2) is 43.2 Å². The smallest absolute Gasteiger partial charge is 0.224 e. The van der Waals surface area contributed by atoms with Gasteiger partial charge in [0.2, 0.25) is 11.6 Å². The van der Waals surface area contributed by atoms with Crippen molar-refractivity contribution >= 4 is 11.9 Å². The molecular weight excluding hydrogens is 256 g/mol. The molecule has 0 aliphatic heterocycles. The summed E-state index contributed by atoms with van der Waals surface area (Å²) in [7, 11) is 5.30. The molecule has 0 spiro atoms. The molecule has 0 heterocycles. The molecule has 0 aromatic carbocycles. The molecule has 1 unspecified atom stereocenters. The van der Waals surface area contributed by atoms with Gasteiger partial charge in [-0.15, -0.1) is 0 Å². The predicted octanol–water partition coefficient (Wildman–Crippen LogP) is 1.03. The SMILES string of the molecule is CCCCCCC(=O)NC(CCC)(C(=O)[O-])[N+](C)(C)C. The second-order valence-corrected chi connectivity index (χ2v) is 6.27. The Labute approximate surface area is 122 Å². The van der Waals surface area contributed by atoms with E-state index < -0.39 is 11.6 Å². The lowest BCUT2D eigenvalue weighted by molar-refractivity contribution is -0.919. The zero-order valence-electron chi connectivity index (χ0n) is 13.6. The van der Waals surface area contributed by atoms with Gasteiger partial charge in [-0.3, -0.25) is 10.1 Å². The Kier molecular flexibility index (Phi) is 7.79. The quantitative estimate of drug-likeness (QED) is 0.370. The number of aliphatic carboxylic acids is 1. The molecule has 20 heavy (non-hydrogen) atoms. The Morgan fingerprint density at radius 2 is 1.65 bits per heavy atom. The highest BCUT2D eigenvalue weighted by Gasteiger charge is 2.45. The fourth-order valence-corrected chi connectivity index (χ4v) is 2.36. The number of nitrogens with one attached hydrogen (secondary N) is 1. The number of nitrogens with zero attached hydrogens (tertiary/aromatic N) is 1. The number of carbonyl (C=O) groups excluding carboxylic acids is 2. The summed E-state index contributed by atoms with van der Waals surface area (Å²) < 4.78 is 0.115. The molecule has 0 saturated carbocycles. The molecule has 5 nitrogen and oxygen atoms in total. The number of rotatable bonds is 10. The molecule has 0 saturated heterocycles. The minimum Gasteiger partial charge on any atom is -0.542 e. The standard InChI is InChI=1S/C15H30N2O3/c1-6-8-9-10-11-13(18)16-15(12-7-2,14(19)20)17(3,4)5/h6-12H2,1-5H3,(H-,16,18,19,20). The number of carbonyl (C=O) groups is 2. The highest BCUT2D eigenvalue weighted by molar-refractivity contribution is 5.84. The minimum absolute atomic E-state index is 0.115. The van der Waals surface area contributed by atoms with Gasteiger partial charge in [-0.25, -0.2) is 0 Å². The van der Waals surface area contributed by atoms with Crippen molar-refractivity contribution < 1.29 is 19.2 Å². The third-order valence-electron chi connectivity index (χ3n) is 3.70. The van der Waals surface area contributed by atoms with Crippen LogP contribution in [0.5, 0.6) is 0 Å². The maximum atomic E-state index is 12.0. The first kappa shape index (κ1) is 18.9. The fourth-order valence-electron chi connectivity index (χ4n) is 2.36. The lowest BCUT2D eigenvalue weighted by Gasteiger charge is -2.46. The van der Waals surface area contributed by atoms with Crippen molar-refractivity contribution in [3.63, 3.8) is 0 Å². The molecule has 0 fully saturated rings. The Morgan fingerprint density at radius 3 is 2.05 bits per heavy atom. The van der Waals surface area contributed by atoms with Crippen LogP contribution in [0.4, 0.5) is 0 Å². The third kappa shape index (κ3) is 5.12. The molecule has 0 rings (SSSR count). The molecule has 1 amide bonds. The summed E-state index contributed by atoms with van der Waals surface area (Å²) in [6.45, 7) is 4.01. The van der Waals surface area contributed by atoms with Crippen LogP contribution in [0, 0.1) is 0 Å². The minimum atomic E-state index is -1.35. The molecular formula is C15H30N2O3. The lowest BCUT2D eigenvalue weighted by atomic mass is 9.99. The first-order valence-electron chi connectivity index (χ1n) is 7.55. The van der Waals surface area contributed by atoms with Crippen molar-refractivity contribution in [1.29, 1.82) is 0 Å². The zero-order chi connectivity index (χ0) is 15.8. The molecule has 0 aliphatic rings. The van der Waals surface area contributed by atoms with Gasteiger partial charge >= 0.3 is 0 Å². The van der Waals surface area contributed by atoms with Crippen molar-refractivity contribution in [3.05, 3.63) is 0 Å². The number of hydrogen-bond donors (Lipinski definition) is 1. The highest BCUT2D eigenvalue weighted by Crippen LogP contribution is 2.22. The highest BCUT2D eigenvalue weighted by atomic mass is 16.4. The van der Waals surface area contributed by atoms with Crippen LogP contribution in [0.1, 0.15) is 58.8 Å². The Balaban J connectivity index is 4.81. The number of carboxylic acids is 1. The summed E-state index contributed by atoms with van der Waals surface area (Å²) in [4.78, 5) is 23.7. The predicted molar refractivity (Wildman–Crippen MR) is 77.6 cm³/mol. The average Bonchev–Trinajstić information content (AvgIpc) is 2.32. The molecule has 0 aromatic rings. The summed E-state index contributed by atoms with van der Waals surface area (Å²) in [6, 6.07) is 0. The molecule has 0 bridgehead atoms. The Morgan fingerprint density at radius 1 is 1.05 bits per heavy atom. The monoisotopic (exact) mass is 286 g/mol. The van der Waals surface area contributed by atoms with Crippen LogP contribution in [0.3, 0.4) is 0 Å². The van der Waals surface area contributed by atoms with Crippen LogP contribution in [0.15, 0.2) is 0 Å². The molecule has 1 atom stereocenters. The maximum absolute atomic E-state index is 12.0. The molecule has 118 valence electrons. The van der Waals surface area contributed by atoms with E-state index in [0.717, 1.165) is 25.7 Å². The van der Waals surface area contributed by atoms with Gasteiger partial charge in [-0.2, -0.15) is 0 Å². The van der Waals surface area contributed by atoms with Crippen LogP contribution < -0.4 is 10.4 Å². The lowest BCUT2D eigenvalue weighted by Crippen LogP contribution is -2.74. The van der Waals surface area contributed by atoms with Crippen molar-refractivity contribution in [1.82, 2.24) is 5.32 Å². The summed E-state index contributed by atoms with van der Waals surface area (Å²) in [6.07, 6.45) is 5.41. The first-order chi connectivity index (χ1) is 9.21. The molecule has 0 aliphatic carbocycles. The van der Waals surface area contributed by atoms with Crippen LogP contribution in [0.2, 0.25) is 0 Å². The normalized spacial score (nSPS) is 14.7. The molecule has 0 radical (unpaired) electrons. The second kappa shape index (κ2) is 8.25. The van der Waals surface area contributed by atoms with E-state index in [-0.39, 0.29) is 10.4 Å². The average molecular weight is 286 g/mol. The summed E-state index contributed by atoms with van der Waals surface area (Å²) >= 11 is 0. The van der Waals surface area contributed by atoms with E-state index in [1.54, 1.807) is 21.1 Å². The van der Waals surface area contributed by atoms with Crippen LogP contribution in [-0.2, 0) is 9.59 Å². The largest absolute Gasteiger partial charge is 0.542 e. The third-order valence-corrected chi connectivity index (χ3v) is 3.70. The number of quaternary nitrogens is 1. The second-order valence-electron chi connectivity index (χ2n) is 6.27. The van der Waals surface area contributed by atoms with Crippen molar-refractivity contribution in [2.45, 2.75) is 64.5 Å². The Bertz CT molecular complexity index is 324. The van der Waals surface area contributed by atoms with Gasteiger partial charge in [0.05, 0.1) is 21.1 Å². The van der Waals surface area contributed by atoms with E-state index in [9.17, 15) is 14.7 Å². The Hall–Kier alpha value is -1.10. The number of unbranched alkanes of at least 4 members (excludes halogenated alkanes) is 3.